The fourth-order valence-corrected chi connectivity index (χ4v) is 2.78. The number of hydrogen-bond donors (Lipinski definition) is 2. The van der Waals surface area contributed by atoms with Crippen molar-refractivity contribution in [2.75, 3.05) is 32.1 Å². The SMILES string of the molecule is CN=C(NCCCN(C)c1ccccc1)NCc1cccs1. The van der Waals surface area contributed by atoms with Gasteiger partial charge in [0.05, 0.1) is 6.54 Å². The molecular weight excluding hydrogens is 292 g/mol. The quantitative estimate of drug-likeness (QED) is 0.469. The molecule has 0 aliphatic heterocycles. The van der Waals surface area contributed by atoms with Gasteiger partial charge in [-0.2, -0.15) is 0 Å². The normalized spacial score (nSPS) is 11.3. The van der Waals surface area contributed by atoms with Crippen molar-refractivity contribution in [2.45, 2.75) is 13.0 Å². The van der Waals surface area contributed by atoms with Gasteiger partial charge in [0.1, 0.15) is 0 Å². The largest absolute Gasteiger partial charge is 0.375 e. The molecule has 0 amide bonds. The molecule has 2 aromatic rings. The third kappa shape index (κ3) is 5.41. The van der Waals surface area contributed by atoms with E-state index in [0.717, 1.165) is 32.0 Å². The van der Waals surface area contributed by atoms with Crippen LogP contribution in [0.25, 0.3) is 0 Å². The predicted octanol–water partition coefficient (Wildman–Crippen LogP) is 2.94. The standard InChI is InChI=1S/C17H24N4S/c1-18-17(20-14-16-10-6-13-22-16)19-11-7-12-21(2)15-8-4-3-5-9-15/h3-6,8-10,13H,7,11-12,14H2,1-2H3,(H2,18,19,20). The van der Waals surface area contributed by atoms with E-state index in [1.807, 2.05) is 6.07 Å². The van der Waals surface area contributed by atoms with Gasteiger partial charge in [-0.1, -0.05) is 24.3 Å². The molecule has 1 aromatic heterocycles. The van der Waals surface area contributed by atoms with Gasteiger partial charge in [-0.15, -0.1) is 11.3 Å². The lowest BCUT2D eigenvalue weighted by Gasteiger charge is -2.19. The van der Waals surface area contributed by atoms with Crippen LogP contribution in [0.1, 0.15) is 11.3 Å². The number of aliphatic imine (C=N–C) groups is 1. The minimum Gasteiger partial charge on any atom is -0.375 e. The molecule has 0 saturated carbocycles. The monoisotopic (exact) mass is 316 g/mol. The van der Waals surface area contributed by atoms with Crippen molar-refractivity contribution in [3.05, 3.63) is 52.7 Å². The number of hydrogen-bond acceptors (Lipinski definition) is 3. The Bertz CT molecular complexity index is 551. The topological polar surface area (TPSA) is 39.7 Å². The van der Waals surface area contributed by atoms with Gasteiger partial charge in [-0.05, 0) is 30.0 Å². The molecule has 22 heavy (non-hydrogen) atoms. The van der Waals surface area contributed by atoms with Crippen LogP contribution in [-0.2, 0) is 6.54 Å². The van der Waals surface area contributed by atoms with E-state index in [-0.39, 0.29) is 0 Å². The first-order valence-corrected chi connectivity index (χ1v) is 8.40. The van der Waals surface area contributed by atoms with Crippen molar-refractivity contribution in [1.29, 1.82) is 0 Å². The summed E-state index contributed by atoms with van der Waals surface area (Å²) in [6.07, 6.45) is 1.06. The molecule has 2 N–H and O–H groups in total. The first-order valence-electron chi connectivity index (χ1n) is 7.52. The van der Waals surface area contributed by atoms with Crippen molar-refractivity contribution in [2.24, 2.45) is 4.99 Å². The molecule has 0 radical (unpaired) electrons. The Morgan fingerprint density at radius 1 is 1.14 bits per heavy atom. The zero-order valence-electron chi connectivity index (χ0n) is 13.2. The summed E-state index contributed by atoms with van der Waals surface area (Å²) in [7, 11) is 3.93. The maximum Gasteiger partial charge on any atom is 0.191 e. The highest BCUT2D eigenvalue weighted by molar-refractivity contribution is 7.09. The first kappa shape index (κ1) is 16.4. The lowest BCUT2D eigenvalue weighted by atomic mass is 10.3. The fourth-order valence-electron chi connectivity index (χ4n) is 2.14. The van der Waals surface area contributed by atoms with E-state index < -0.39 is 0 Å². The Kier molecular flexibility index (Phi) is 6.77. The Morgan fingerprint density at radius 3 is 2.64 bits per heavy atom. The summed E-state index contributed by atoms with van der Waals surface area (Å²) in [5, 5.41) is 8.77. The molecule has 0 atom stereocenters. The van der Waals surface area contributed by atoms with E-state index in [0.29, 0.717) is 0 Å². The van der Waals surface area contributed by atoms with Crippen LogP contribution in [0.4, 0.5) is 5.69 Å². The van der Waals surface area contributed by atoms with E-state index in [2.05, 4.69) is 69.4 Å². The zero-order chi connectivity index (χ0) is 15.6. The molecule has 0 aliphatic carbocycles. The zero-order valence-corrected chi connectivity index (χ0v) is 14.1. The Balaban J connectivity index is 1.64. The minimum absolute atomic E-state index is 0.821. The number of guanidine groups is 1. The van der Waals surface area contributed by atoms with E-state index >= 15 is 0 Å². The molecular formula is C17H24N4S. The molecule has 5 heteroatoms. The summed E-state index contributed by atoms with van der Waals surface area (Å²) in [6, 6.07) is 14.6. The summed E-state index contributed by atoms with van der Waals surface area (Å²) in [4.78, 5) is 7.83. The summed E-state index contributed by atoms with van der Waals surface area (Å²) in [5.41, 5.74) is 1.25. The molecule has 2 rings (SSSR count). The van der Waals surface area contributed by atoms with E-state index in [9.17, 15) is 0 Å². The Morgan fingerprint density at radius 2 is 1.95 bits per heavy atom. The van der Waals surface area contributed by atoms with Crippen LogP contribution in [0.15, 0.2) is 52.8 Å². The van der Waals surface area contributed by atoms with Crippen LogP contribution >= 0.6 is 11.3 Å². The molecule has 4 nitrogen and oxygen atoms in total. The summed E-state index contributed by atoms with van der Waals surface area (Å²) < 4.78 is 0. The van der Waals surface area contributed by atoms with Crippen LogP contribution in [0.2, 0.25) is 0 Å². The van der Waals surface area contributed by atoms with Gasteiger partial charge < -0.3 is 15.5 Å². The van der Waals surface area contributed by atoms with Crippen LogP contribution in [0.5, 0.6) is 0 Å². The Hall–Kier alpha value is -2.01. The van der Waals surface area contributed by atoms with Gasteiger partial charge >= 0.3 is 0 Å². The first-order chi connectivity index (χ1) is 10.8. The average molecular weight is 316 g/mol. The van der Waals surface area contributed by atoms with Crippen LogP contribution in [0.3, 0.4) is 0 Å². The van der Waals surface area contributed by atoms with Crippen molar-refractivity contribution in [3.8, 4) is 0 Å². The number of nitrogens with zero attached hydrogens (tertiary/aromatic N) is 2. The molecule has 118 valence electrons. The van der Waals surface area contributed by atoms with Gasteiger partial charge in [-0.25, -0.2) is 0 Å². The molecule has 0 saturated heterocycles. The number of rotatable bonds is 7. The third-order valence-corrected chi connectivity index (χ3v) is 4.27. The average Bonchev–Trinajstić information content (AvgIpc) is 3.08. The van der Waals surface area contributed by atoms with Gasteiger partial charge in [0.15, 0.2) is 5.96 Å². The Labute approximate surface area is 136 Å². The van der Waals surface area contributed by atoms with Gasteiger partial charge in [0, 0.05) is 37.7 Å². The van der Waals surface area contributed by atoms with Gasteiger partial charge in [0.2, 0.25) is 0 Å². The lowest BCUT2D eigenvalue weighted by Crippen LogP contribution is -2.38. The second-order valence-electron chi connectivity index (χ2n) is 5.04. The maximum atomic E-state index is 4.25. The van der Waals surface area contributed by atoms with Crippen molar-refractivity contribution in [3.63, 3.8) is 0 Å². The number of nitrogens with one attached hydrogen (secondary N) is 2. The second kappa shape index (κ2) is 9.10. The van der Waals surface area contributed by atoms with Gasteiger partial charge in [0.25, 0.3) is 0 Å². The van der Waals surface area contributed by atoms with Crippen LogP contribution < -0.4 is 15.5 Å². The lowest BCUT2D eigenvalue weighted by molar-refractivity contribution is 0.730. The number of benzene rings is 1. The fraction of sp³-hybridized carbons (Fsp3) is 0.353. The number of thiophene rings is 1. The summed E-state index contributed by atoms with van der Waals surface area (Å²) in [6.45, 7) is 2.74. The number of anilines is 1. The van der Waals surface area contributed by atoms with E-state index in [1.54, 1.807) is 18.4 Å². The van der Waals surface area contributed by atoms with E-state index in [1.165, 1.54) is 10.6 Å². The molecule has 0 aliphatic rings. The molecule has 0 fully saturated rings. The summed E-state index contributed by atoms with van der Waals surface area (Å²) in [5.74, 6) is 0.857. The smallest absolute Gasteiger partial charge is 0.191 e. The minimum atomic E-state index is 0.821. The molecule has 0 spiro atoms. The molecule has 0 unspecified atom stereocenters. The summed E-state index contributed by atoms with van der Waals surface area (Å²) >= 11 is 1.75. The highest BCUT2D eigenvalue weighted by Gasteiger charge is 2.01. The van der Waals surface area contributed by atoms with Crippen LogP contribution in [0, 0.1) is 0 Å². The highest BCUT2D eigenvalue weighted by Crippen LogP contribution is 2.10. The van der Waals surface area contributed by atoms with Crippen molar-refractivity contribution in [1.82, 2.24) is 10.6 Å². The maximum absolute atomic E-state index is 4.25. The number of para-hydroxylation sites is 1. The predicted molar refractivity (Wildman–Crippen MR) is 96.8 cm³/mol. The molecule has 1 aromatic carbocycles. The highest BCUT2D eigenvalue weighted by atomic mass is 32.1. The third-order valence-electron chi connectivity index (χ3n) is 3.39. The van der Waals surface area contributed by atoms with E-state index in [4.69, 9.17) is 0 Å². The van der Waals surface area contributed by atoms with Crippen LogP contribution in [-0.4, -0.2) is 33.1 Å². The molecule has 1 heterocycles. The second-order valence-corrected chi connectivity index (χ2v) is 6.07. The van der Waals surface area contributed by atoms with Crippen molar-refractivity contribution < 1.29 is 0 Å². The van der Waals surface area contributed by atoms with Gasteiger partial charge in [-0.3, -0.25) is 4.99 Å². The molecule has 0 bridgehead atoms. The van der Waals surface area contributed by atoms with Crippen molar-refractivity contribution >= 4 is 23.0 Å².